The van der Waals surface area contributed by atoms with Crippen LogP contribution < -0.4 is 4.72 Å². The molecule has 1 N–H and O–H groups in total. The third-order valence-corrected chi connectivity index (χ3v) is 6.91. The van der Waals surface area contributed by atoms with Crippen LogP contribution in [0.25, 0.3) is 0 Å². The number of hydrogen-bond donors (Lipinski definition) is 1. The summed E-state index contributed by atoms with van der Waals surface area (Å²) in [5.41, 5.74) is 0. The Kier molecular flexibility index (Phi) is 8.87. The van der Waals surface area contributed by atoms with E-state index >= 15 is 0 Å². The van der Waals surface area contributed by atoms with Crippen molar-refractivity contribution in [3.8, 4) is 0 Å². The zero-order valence-corrected chi connectivity index (χ0v) is 18.7. The van der Waals surface area contributed by atoms with Crippen LogP contribution in [0.15, 0.2) is 0 Å². The van der Waals surface area contributed by atoms with Gasteiger partial charge in [0.05, 0.1) is 6.04 Å². The van der Waals surface area contributed by atoms with Crippen molar-refractivity contribution >= 4 is 15.8 Å². The predicted octanol–water partition coefficient (Wildman–Crippen LogP) is 6.16. The van der Waals surface area contributed by atoms with E-state index in [1.165, 1.54) is 0 Å². The van der Waals surface area contributed by atoms with Crippen molar-refractivity contribution in [1.29, 1.82) is 0 Å². The molecule has 1 aliphatic rings. The van der Waals surface area contributed by atoms with Gasteiger partial charge in [0.1, 0.15) is 0 Å². The van der Waals surface area contributed by atoms with Crippen LogP contribution in [0, 0.1) is 0 Å². The van der Waals surface area contributed by atoms with E-state index in [0.29, 0.717) is 11.1 Å². The molecule has 1 rings (SSSR count). The van der Waals surface area contributed by atoms with Gasteiger partial charge in [-0.2, -0.15) is 79.4 Å². The van der Waals surface area contributed by atoms with Gasteiger partial charge in [-0.05, 0) is 12.8 Å². The molecule has 22 heteroatoms. The first kappa shape index (κ1) is 34.4. The molecule has 0 saturated heterocycles. The lowest BCUT2D eigenvalue weighted by atomic mass is 9.91. The maximum atomic E-state index is 14.1. The highest BCUT2D eigenvalue weighted by molar-refractivity contribution is 7.90. The van der Waals surface area contributed by atoms with E-state index < -0.39 is 81.7 Å². The molecule has 0 aromatic rings. The van der Waals surface area contributed by atoms with Crippen LogP contribution in [0.2, 0.25) is 0 Å². The summed E-state index contributed by atoms with van der Waals surface area (Å²) < 4.78 is 250. The fraction of sp³-hybridized carbons (Fsp3) is 0.938. The highest BCUT2D eigenvalue weighted by atomic mass is 32.2. The van der Waals surface area contributed by atoms with Crippen LogP contribution in [-0.4, -0.2) is 67.2 Å². The quantitative estimate of drug-likeness (QED) is 0.313. The minimum atomic E-state index is -8.89. The Labute approximate surface area is 200 Å². The van der Waals surface area contributed by atoms with Gasteiger partial charge < -0.3 is 0 Å². The van der Waals surface area contributed by atoms with E-state index in [1.54, 1.807) is 0 Å². The Hall–Kier alpha value is -1.61. The Bertz CT molecular complexity index is 990. The molecular weight excluding hydrogens is 609 g/mol. The van der Waals surface area contributed by atoms with Crippen molar-refractivity contribution in [1.82, 2.24) is 4.72 Å². The number of rotatable bonds is 9. The van der Waals surface area contributed by atoms with Gasteiger partial charge in [0.25, 0.3) is 10.0 Å². The molecule has 0 amide bonds. The molecule has 0 unspecified atom stereocenters. The second kappa shape index (κ2) is 9.79. The third-order valence-electron chi connectivity index (χ3n) is 5.38. The van der Waals surface area contributed by atoms with Gasteiger partial charge in [0.15, 0.2) is 5.78 Å². The van der Waals surface area contributed by atoms with Gasteiger partial charge in [-0.3, -0.25) is 4.79 Å². The first-order valence-electron chi connectivity index (χ1n) is 9.75. The first-order valence-corrected chi connectivity index (χ1v) is 11.2. The van der Waals surface area contributed by atoms with E-state index in [0.717, 1.165) is 0 Å². The van der Waals surface area contributed by atoms with Crippen LogP contribution in [-0.2, 0) is 14.8 Å². The third kappa shape index (κ3) is 4.91. The van der Waals surface area contributed by atoms with Gasteiger partial charge in [0.2, 0.25) is 0 Å². The molecule has 0 aromatic heterocycles. The molecule has 4 nitrogen and oxygen atoms in total. The molecular formula is C16H14F17NO3S. The monoisotopic (exact) mass is 623 g/mol. The number of halogens is 17. The SMILES string of the molecule is O=C1CCCCCC[C@H]1NS(=O)(=O)C(F)(F)C(F)(F)C(F)(F)C(F)(F)C(F)(F)C(F)(F)C(F)(F)C(F)(F)F. The fourth-order valence-electron chi connectivity index (χ4n) is 3.04. The molecule has 1 aliphatic carbocycles. The van der Waals surface area contributed by atoms with Crippen molar-refractivity contribution in [2.24, 2.45) is 0 Å². The maximum Gasteiger partial charge on any atom is 0.460 e. The van der Waals surface area contributed by atoms with Crippen LogP contribution in [0.1, 0.15) is 38.5 Å². The Morgan fingerprint density at radius 2 is 0.921 bits per heavy atom. The number of sulfonamides is 1. The molecule has 1 fully saturated rings. The average Bonchev–Trinajstić information content (AvgIpc) is 2.71. The largest absolute Gasteiger partial charge is 0.460 e. The molecule has 0 aromatic carbocycles. The summed E-state index contributed by atoms with van der Waals surface area (Å²) in [4.78, 5) is 11.8. The minimum absolute atomic E-state index is 0.000237. The van der Waals surface area contributed by atoms with E-state index in [1.807, 2.05) is 0 Å². The molecule has 0 aliphatic heterocycles. The van der Waals surface area contributed by atoms with Gasteiger partial charge >= 0.3 is 47.0 Å². The molecule has 0 spiro atoms. The van der Waals surface area contributed by atoms with E-state index in [4.69, 9.17) is 0 Å². The van der Waals surface area contributed by atoms with E-state index in [-0.39, 0.29) is 19.3 Å². The van der Waals surface area contributed by atoms with Gasteiger partial charge in [-0.15, -0.1) is 0 Å². The molecule has 38 heavy (non-hydrogen) atoms. The number of carbonyl (C=O) groups excluding carboxylic acids is 1. The molecule has 1 atom stereocenters. The zero-order chi connectivity index (χ0) is 30.6. The summed E-state index contributed by atoms with van der Waals surface area (Å²) in [5.74, 6) is -53.2. The molecule has 226 valence electrons. The predicted molar refractivity (Wildman–Crippen MR) is 89.2 cm³/mol. The number of nitrogens with one attached hydrogen (secondary N) is 1. The van der Waals surface area contributed by atoms with E-state index in [9.17, 15) is 87.8 Å². The lowest BCUT2D eigenvalue weighted by molar-refractivity contribution is -0.458. The average molecular weight is 623 g/mol. The zero-order valence-electron chi connectivity index (χ0n) is 17.9. The number of hydrogen-bond acceptors (Lipinski definition) is 3. The second-order valence-corrected chi connectivity index (χ2v) is 9.81. The number of carbonyl (C=O) groups is 1. The number of alkyl halides is 17. The van der Waals surface area contributed by atoms with Crippen molar-refractivity contribution < 1.29 is 87.8 Å². The normalized spacial score (nSPS) is 20.8. The molecule has 0 heterocycles. The van der Waals surface area contributed by atoms with Crippen LogP contribution in [0.4, 0.5) is 74.6 Å². The molecule has 0 radical (unpaired) electrons. The Morgan fingerprint density at radius 3 is 1.34 bits per heavy atom. The van der Waals surface area contributed by atoms with Crippen LogP contribution >= 0.6 is 0 Å². The number of ketones is 1. The van der Waals surface area contributed by atoms with Crippen LogP contribution in [0.5, 0.6) is 0 Å². The van der Waals surface area contributed by atoms with Crippen molar-refractivity contribution in [2.75, 3.05) is 0 Å². The number of Topliss-reactive ketones (excluding diaryl/α,β-unsaturated/α-hetero) is 1. The van der Waals surface area contributed by atoms with Gasteiger partial charge in [-0.1, -0.05) is 19.3 Å². The summed E-state index contributed by atoms with van der Waals surface area (Å²) in [5, 5.41) is -7.67. The minimum Gasteiger partial charge on any atom is -0.298 e. The summed E-state index contributed by atoms with van der Waals surface area (Å²) >= 11 is 0. The maximum absolute atomic E-state index is 14.1. The first-order chi connectivity index (χ1) is 16.5. The van der Waals surface area contributed by atoms with Gasteiger partial charge in [0, 0.05) is 6.42 Å². The van der Waals surface area contributed by atoms with Crippen molar-refractivity contribution in [2.45, 2.75) is 91.5 Å². The Morgan fingerprint density at radius 1 is 0.553 bits per heavy atom. The summed E-state index contributed by atoms with van der Waals surface area (Å²) in [7, 11) is -7.48. The van der Waals surface area contributed by atoms with Crippen molar-refractivity contribution in [3.05, 3.63) is 0 Å². The van der Waals surface area contributed by atoms with Crippen LogP contribution in [0.3, 0.4) is 0 Å². The highest BCUT2D eigenvalue weighted by Gasteiger charge is 2.96. The molecule has 1 saturated carbocycles. The van der Waals surface area contributed by atoms with E-state index in [2.05, 4.69) is 0 Å². The second-order valence-electron chi connectivity index (χ2n) is 8.05. The lowest BCUT2D eigenvalue weighted by Crippen LogP contribution is -2.75. The smallest absolute Gasteiger partial charge is 0.298 e. The fourth-order valence-corrected chi connectivity index (χ4v) is 4.28. The lowest BCUT2D eigenvalue weighted by Gasteiger charge is -2.42. The van der Waals surface area contributed by atoms with Crippen molar-refractivity contribution in [3.63, 3.8) is 0 Å². The highest BCUT2D eigenvalue weighted by Crippen LogP contribution is 2.64. The van der Waals surface area contributed by atoms with Gasteiger partial charge in [-0.25, -0.2) is 8.42 Å². The Balaban J connectivity index is 3.61. The standard InChI is InChI=1S/C16H14F17NO3S/c17-9(18,11(21,22)13(25,26)15(29,30)31)10(19,20)12(23,24)14(27,28)16(32,33)38(36,37)34-7-5-3-1-2-4-6-8(7)35/h7,34H,1-6H2/t7-/m1/s1. The topological polar surface area (TPSA) is 63.2 Å². The summed E-state index contributed by atoms with van der Waals surface area (Å²) in [6.45, 7) is 0. The molecule has 0 bridgehead atoms. The summed E-state index contributed by atoms with van der Waals surface area (Å²) in [6, 6.07) is -2.35. The summed E-state index contributed by atoms with van der Waals surface area (Å²) in [6.07, 6.45) is -8.83.